The third-order valence-electron chi connectivity index (χ3n) is 2.32. The zero-order chi connectivity index (χ0) is 12.0. The fourth-order valence-corrected chi connectivity index (χ4v) is 1.21. The monoisotopic (exact) mass is 223 g/mol. The van der Waals surface area contributed by atoms with Gasteiger partial charge in [0.15, 0.2) is 0 Å². The summed E-state index contributed by atoms with van der Waals surface area (Å²) in [6.07, 6.45) is 1.65. The van der Waals surface area contributed by atoms with Crippen molar-refractivity contribution >= 4 is 5.91 Å². The van der Waals surface area contributed by atoms with Crippen LogP contribution >= 0.6 is 0 Å². The Labute approximate surface area is 95.2 Å². The summed E-state index contributed by atoms with van der Waals surface area (Å²) in [6.45, 7) is 2.22. The van der Waals surface area contributed by atoms with Crippen molar-refractivity contribution in [2.75, 3.05) is 14.2 Å². The number of nitrogens with zero attached hydrogens (tertiary/aromatic N) is 1. The average Bonchev–Trinajstić information content (AvgIpc) is 2.35. The van der Waals surface area contributed by atoms with Gasteiger partial charge in [-0.25, -0.2) is 4.98 Å². The maximum Gasteiger partial charge on any atom is 0.237 e. The van der Waals surface area contributed by atoms with Gasteiger partial charge in [-0.05, 0) is 20.0 Å². The fourth-order valence-electron chi connectivity index (χ4n) is 1.21. The average molecular weight is 223 g/mol. The Morgan fingerprint density at radius 3 is 3.00 bits per heavy atom. The largest absolute Gasteiger partial charge is 0.481 e. The maximum atomic E-state index is 11.5. The van der Waals surface area contributed by atoms with E-state index in [0.717, 1.165) is 5.56 Å². The molecule has 0 saturated carbocycles. The van der Waals surface area contributed by atoms with E-state index in [-0.39, 0.29) is 11.9 Å². The highest BCUT2D eigenvalue weighted by Gasteiger charge is 2.10. The van der Waals surface area contributed by atoms with Gasteiger partial charge in [-0.1, -0.05) is 6.07 Å². The summed E-state index contributed by atoms with van der Waals surface area (Å²) in [6, 6.07) is 3.48. The highest BCUT2D eigenvalue weighted by molar-refractivity contribution is 5.81. The van der Waals surface area contributed by atoms with Crippen molar-refractivity contribution in [2.24, 2.45) is 0 Å². The minimum absolute atomic E-state index is 0.0478. The van der Waals surface area contributed by atoms with E-state index in [4.69, 9.17) is 4.74 Å². The number of ether oxygens (including phenoxy) is 1. The molecule has 1 atom stereocenters. The van der Waals surface area contributed by atoms with E-state index in [9.17, 15) is 4.79 Å². The third-order valence-corrected chi connectivity index (χ3v) is 2.32. The van der Waals surface area contributed by atoms with E-state index >= 15 is 0 Å². The Bertz CT molecular complexity index is 355. The molecular weight excluding hydrogens is 206 g/mol. The summed E-state index contributed by atoms with van der Waals surface area (Å²) in [7, 11) is 3.30. The predicted octanol–water partition coefficient (Wildman–Crippen LogP) is 0.314. The Morgan fingerprint density at radius 1 is 1.62 bits per heavy atom. The molecule has 16 heavy (non-hydrogen) atoms. The van der Waals surface area contributed by atoms with Gasteiger partial charge in [0.05, 0.1) is 13.2 Å². The van der Waals surface area contributed by atoms with Crippen LogP contribution in [0.15, 0.2) is 18.3 Å². The van der Waals surface area contributed by atoms with Crippen LogP contribution in [0.25, 0.3) is 0 Å². The minimum atomic E-state index is -0.206. The van der Waals surface area contributed by atoms with Crippen molar-refractivity contribution in [1.82, 2.24) is 15.6 Å². The number of hydrogen-bond acceptors (Lipinski definition) is 4. The molecule has 1 aromatic rings. The zero-order valence-electron chi connectivity index (χ0n) is 9.78. The number of hydrogen-bond donors (Lipinski definition) is 2. The second-order valence-electron chi connectivity index (χ2n) is 3.40. The summed E-state index contributed by atoms with van der Waals surface area (Å²) in [5, 5.41) is 5.67. The molecule has 5 nitrogen and oxygen atoms in total. The van der Waals surface area contributed by atoms with Gasteiger partial charge < -0.3 is 15.4 Å². The van der Waals surface area contributed by atoms with Crippen molar-refractivity contribution in [3.05, 3.63) is 23.9 Å². The lowest BCUT2D eigenvalue weighted by molar-refractivity contribution is -0.122. The van der Waals surface area contributed by atoms with Gasteiger partial charge in [-0.3, -0.25) is 4.79 Å². The van der Waals surface area contributed by atoms with Crippen LogP contribution in [-0.4, -0.2) is 31.1 Å². The number of methoxy groups -OCH3 is 1. The molecule has 0 radical (unpaired) electrons. The van der Waals surface area contributed by atoms with Gasteiger partial charge in [0.2, 0.25) is 11.8 Å². The molecule has 1 amide bonds. The third kappa shape index (κ3) is 3.20. The standard InChI is InChI=1S/C11H17N3O2/c1-8(12-2)10(15)14-7-9-5-4-6-13-11(9)16-3/h4-6,8,12H,7H2,1-3H3,(H,14,15). The molecule has 1 rings (SSSR count). The lowest BCUT2D eigenvalue weighted by Crippen LogP contribution is -2.40. The zero-order valence-corrected chi connectivity index (χ0v) is 9.78. The van der Waals surface area contributed by atoms with Gasteiger partial charge in [0.25, 0.3) is 0 Å². The molecule has 0 aromatic carbocycles. The van der Waals surface area contributed by atoms with Crippen LogP contribution in [0.2, 0.25) is 0 Å². The second-order valence-corrected chi connectivity index (χ2v) is 3.40. The summed E-state index contributed by atoms with van der Waals surface area (Å²) in [5.41, 5.74) is 0.863. The van der Waals surface area contributed by atoms with Crippen LogP contribution in [-0.2, 0) is 11.3 Å². The SMILES string of the molecule is CNC(C)C(=O)NCc1cccnc1OC. The molecule has 2 N–H and O–H groups in total. The maximum absolute atomic E-state index is 11.5. The van der Waals surface area contributed by atoms with E-state index in [1.54, 1.807) is 27.3 Å². The second kappa shape index (κ2) is 6.07. The van der Waals surface area contributed by atoms with E-state index < -0.39 is 0 Å². The first-order valence-electron chi connectivity index (χ1n) is 5.12. The first kappa shape index (κ1) is 12.4. The Hall–Kier alpha value is -1.62. The minimum Gasteiger partial charge on any atom is -0.481 e. The molecule has 5 heteroatoms. The van der Waals surface area contributed by atoms with Crippen molar-refractivity contribution in [2.45, 2.75) is 19.5 Å². The number of rotatable bonds is 5. The van der Waals surface area contributed by atoms with Crippen molar-refractivity contribution in [3.8, 4) is 5.88 Å². The van der Waals surface area contributed by atoms with Gasteiger partial charge in [0.1, 0.15) is 0 Å². The Morgan fingerprint density at radius 2 is 2.38 bits per heavy atom. The molecule has 0 fully saturated rings. The molecule has 1 aromatic heterocycles. The van der Waals surface area contributed by atoms with Crippen LogP contribution in [0.3, 0.4) is 0 Å². The summed E-state index contributed by atoms with van der Waals surface area (Å²) in [5.74, 6) is 0.494. The molecule has 0 aliphatic carbocycles. The first-order valence-corrected chi connectivity index (χ1v) is 5.12. The molecule has 0 aliphatic heterocycles. The van der Waals surface area contributed by atoms with E-state index in [1.165, 1.54) is 0 Å². The number of carbonyl (C=O) groups is 1. The summed E-state index contributed by atoms with van der Waals surface area (Å²) >= 11 is 0. The fraction of sp³-hybridized carbons (Fsp3) is 0.455. The molecule has 0 aliphatic rings. The molecule has 0 spiro atoms. The van der Waals surface area contributed by atoms with E-state index in [1.807, 2.05) is 12.1 Å². The molecule has 1 unspecified atom stereocenters. The van der Waals surface area contributed by atoms with Gasteiger partial charge in [-0.2, -0.15) is 0 Å². The number of likely N-dealkylation sites (N-methyl/N-ethyl adjacent to an activating group) is 1. The Balaban J connectivity index is 2.57. The highest BCUT2D eigenvalue weighted by atomic mass is 16.5. The van der Waals surface area contributed by atoms with Crippen molar-refractivity contribution in [1.29, 1.82) is 0 Å². The van der Waals surface area contributed by atoms with Crippen LogP contribution in [0.4, 0.5) is 0 Å². The number of aromatic nitrogens is 1. The van der Waals surface area contributed by atoms with Crippen LogP contribution in [0.5, 0.6) is 5.88 Å². The lowest BCUT2D eigenvalue weighted by atomic mass is 10.2. The van der Waals surface area contributed by atoms with Gasteiger partial charge in [0, 0.05) is 18.3 Å². The van der Waals surface area contributed by atoms with Gasteiger partial charge in [-0.15, -0.1) is 0 Å². The number of amides is 1. The normalized spacial score (nSPS) is 11.9. The van der Waals surface area contributed by atoms with Crippen molar-refractivity contribution in [3.63, 3.8) is 0 Å². The Kier molecular flexibility index (Phi) is 4.72. The van der Waals surface area contributed by atoms with Crippen molar-refractivity contribution < 1.29 is 9.53 Å². The highest BCUT2D eigenvalue weighted by Crippen LogP contribution is 2.12. The molecular formula is C11H17N3O2. The topological polar surface area (TPSA) is 63.2 Å². The predicted molar refractivity (Wildman–Crippen MR) is 61.2 cm³/mol. The number of pyridine rings is 1. The molecule has 0 saturated heterocycles. The molecule has 1 heterocycles. The van der Waals surface area contributed by atoms with E-state index in [2.05, 4.69) is 15.6 Å². The molecule has 0 bridgehead atoms. The summed E-state index contributed by atoms with van der Waals surface area (Å²) in [4.78, 5) is 15.6. The quantitative estimate of drug-likeness (QED) is 0.754. The van der Waals surface area contributed by atoms with E-state index in [0.29, 0.717) is 12.4 Å². The summed E-state index contributed by atoms with van der Waals surface area (Å²) < 4.78 is 5.09. The van der Waals surface area contributed by atoms with Crippen LogP contribution in [0.1, 0.15) is 12.5 Å². The number of nitrogens with one attached hydrogen (secondary N) is 2. The van der Waals surface area contributed by atoms with Crippen LogP contribution in [0, 0.1) is 0 Å². The first-order chi connectivity index (χ1) is 7.69. The van der Waals surface area contributed by atoms with Gasteiger partial charge >= 0.3 is 0 Å². The molecule has 88 valence electrons. The number of carbonyl (C=O) groups excluding carboxylic acids is 1. The lowest BCUT2D eigenvalue weighted by Gasteiger charge is -2.12. The van der Waals surface area contributed by atoms with Crippen LogP contribution < -0.4 is 15.4 Å². The smallest absolute Gasteiger partial charge is 0.237 e.